The van der Waals surface area contributed by atoms with Gasteiger partial charge in [-0.1, -0.05) is 15.9 Å². The van der Waals surface area contributed by atoms with Crippen LogP contribution in [0.2, 0.25) is 0 Å². The molecule has 0 aromatic heterocycles. The first-order chi connectivity index (χ1) is 7.90. The van der Waals surface area contributed by atoms with Gasteiger partial charge in [0.25, 0.3) is 0 Å². The molecule has 92 valence electrons. The normalized spacial score (nSPS) is 11.0. The van der Waals surface area contributed by atoms with E-state index in [2.05, 4.69) is 21.2 Å². The Bertz CT molecular complexity index is 424. The van der Waals surface area contributed by atoms with Crippen molar-refractivity contribution < 1.29 is 13.2 Å². The molecule has 1 rings (SSSR count). The van der Waals surface area contributed by atoms with E-state index in [0.717, 1.165) is 4.47 Å². The zero-order valence-electron chi connectivity index (χ0n) is 8.81. The fourth-order valence-corrected chi connectivity index (χ4v) is 1.77. The van der Waals surface area contributed by atoms with E-state index in [1.54, 1.807) is 18.2 Å². The maximum absolute atomic E-state index is 11.9. The summed E-state index contributed by atoms with van der Waals surface area (Å²) in [6.45, 7) is 0.223. The topological polar surface area (TPSA) is 35.8 Å². The SMILES string of the molecule is N#Cc1cc(Br)cc(NCCCC(F)(F)F)c1. The van der Waals surface area contributed by atoms with Crippen LogP contribution in [0.5, 0.6) is 0 Å². The van der Waals surface area contributed by atoms with Crippen LogP contribution in [0.25, 0.3) is 0 Å². The largest absolute Gasteiger partial charge is 0.389 e. The smallest absolute Gasteiger partial charge is 0.385 e. The van der Waals surface area contributed by atoms with Crippen LogP contribution in [0.4, 0.5) is 18.9 Å². The van der Waals surface area contributed by atoms with Crippen LogP contribution in [-0.4, -0.2) is 12.7 Å². The van der Waals surface area contributed by atoms with Gasteiger partial charge in [0.2, 0.25) is 0 Å². The van der Waals surface area contributed by atoms with Crippen LogP contribution in [0, 0.1) is 11.3 Å². The minimum Gasteiger partial charge on any atom is -0.385 e. The highest BCUT2D eigenvalue weighted by atomic mass is 79.9. The van der Waals surface area contributed by atoms with Crippen LogP contribution in [-0.2, 0) is 0 Å². The maximum atomic E-state index is 11.9. The minimum atomic E-state index is -4.11. The summed E-state index contributed by atoms with van der Waals surface area (Å²) in [4.78, 5) is 0. The highest BCUT2D eigenvalue weighted by Crippen LogP contribution is 2.22. The third-order valence-corrected chi connectivity index (χ3v) is 2.45. The van der Waals surface area contributed by atoms with E-state index in [1.165, 1.54) is 0 Å². The van der Waals surface area contributed by atoms with Gasteiger partial charge >= 0.3 is 6.18 Å². The van der Waals surface area contributed by atoms with Crippen LogP contribution in [0.15, 0.2) is 22.7 Å². The van der Waals surface area contributed by atoms with E-state index in [4.69, 9.17) is 5.26 Å². The van der Waals surface area contributed by atoms with Crippen LogP contribution < -0.4 is 5.32 Å². The molecule has 0 aliphatic heterocycles. The molecule has 6 heteroatoms. The molecule has 1 N–H and O–H groups in total. The van der Waals surface area contributed by atoms with Crippen molar-refractivity contribution in [2.24, 2.45) is 0 Å². The van der Waals surface area contributed by atoms with E-state index in [9.17, 15) is 13.2 Å². The lowest BCUT2D eigenvalue weighted by Crippen LogP contribution is -2.10. The van der Waals surface area contributed by atoms with E-state index in [0.29, 0.717) is 11.3 Å². The maximum Gasteiger partial charge on any atom is 0.389 e. The number of nitriles is 1. The Morgan fingerprint density at radius 2 is 2.00 bits per heavy atom. The lowest BCUT2D eigenvalue weighted by molar-refractivity contribution is -0.134. The second kappa shape index (κ2) is 5.92. The Balaban J connectivity index is 2.47. The number of hydrogen-bond acceptors (Lipinski definition) is 2. The molecule has 0 spiro atoms. The molecule has 0 aliphatic carbocycles. The van der Waals surface area contributed by atoms with E-state index in [-0.39, 0.29) is 13.0 Å². The van der Waals surface area contributed by atoms with E-state index < -0.39 is 12.6 Å². The number of rotatable bonds is 4. The second-order valence-electron chi connectivity index (χ2n) is 3.49. The summed E-state index contributed by atoms with van der Waals surface area (Å²) >= 11 is 3.22. The van der Waals surface area contributed by atoms with Crippen molar-refractivity contribution in [1.82, 2.24) is 0 Å². The van der Waals surface area contributed by atoms with Crippen molar-refractivity contribution in [3.63, 3.8) is 0 Å². The Morgan fingerprint density at radius 1 is 1.29 bits per heavy atom. The molecule has 2 nitrogen and oxygen atoms in total. The van der Waals surface area contributed by atoms with Gasteiger partial charge in [0.1, 0.15) is 0 Å². The summed E-state index contributed by atoms with van der Waals surface area (Å²) < 4.78 is 36.4. The molecule has 17 heavy (non-hydrogen) atoms. The first-order valence-corrected chi connectivity index (χ1v) is 5.71. The summed E-state index contributed by atoms with van der Waals surface area (Å²) in [6.07, 6.45) is -4.91. The van der Waals surface area contributed by atoms with Crippen LogP contribution in [0.3, 0.4) is 0 Å². The average molecular weight is 307 g/mol. The van der Waals surface area contributed by atoms with Crippen molar-refractivity contribution >= 4 is 21.6 Å². The van der Waals surface area contributed by atoms with Gasteiger partial charge in [-0.15, -0.1) is 0 Å². The number of nitrogens with one attached hydrogen (secondary N) is 1. The molecule has 0 unspecified atom stereocenters. The first kappa shape index (κ1) is 13.8. The van der Waals surface area contributed by atoms with Gasteiger partial charge in [0.15, 0.2) is 0 Å². The fourth-order valence-electron chi connectivity index (χ4n) is 1.28. The molecule has 1 aromatic rings. The van der Waals surface area contributed by atoms with Crippen molar-refractivity contribution in [1.29, 1.82) is 5.26 Å². The van der Waals surface area contributed by atoms with Crippen molar-refractivity contribution in [3.8, 4) is 6.07 Å². The molecule has 0 saturated heterocycles. The third-order valence-electron chi connectivity index (χ3n) is 1.99. The average Bonchev–Trinajstić information content (AvgIpc) is 2.22. The standard InChI is InChI=1S/C11H10BrF3N2/c12-9-4-8(7-16)5-10(6-9)17-3-1-2-11(13,14)15/h4-6,17H,1-3H2. The van der Waals surface area contributed by atoms with Gasteiger partial charge in [-0.2, -0.15) is 18.4 Å². The van der Waals surface area contributed by atoms with Crippen molar-refractivity contribution in [3.05, 3.63) is 28.2 Å². The molecule has 0 radical (unpaired) electrons. The van der Waals surface area contributed by atoms with E-state index in [1.807, 2.05) is 6.07 Å². The number of benzene rings is 1. The molecule has 0 aliphatic rings. The fraction of sp³-hybridized carbons (Fsp3) is 0.364. The van der Waals surface area contributed by atoms with Gasteiger partial charge in [0.05, 0.1) is 11.6 Å². The number of hydrogen-bond donors (Lipinski definition) is 1. The van der Waals surface area contributed by atoms with Crippen LogP contribution in [0.1, 0.15) is 18.4 Å². The molecule has 0 heterocycles. The molecule has 1 aromatic carbocycles. The predicted molar refractivity (Wildman–Crippen MR) is 62.6 cm³/mol. The Kier molecular flexibility index (Phi) is 4.82. The van der Waals surface area contributed by atoms with Crippen LogP contribution >= 0.6 is 15.9 Å². The van der Waals surface area contributed by atoms with Gasteiger partial charge in [-0.05, 0) is 24.6 Å². The Hall–Kier alpha value is -1.22. The second-order valence-corrected chi connectivity index (χ2v) is 4.40. The molecule has 0 bridgehead atoms. The highest BCUT2D eigenvalue weighted by Gasteiger charge is 2.25. The first-order valence-electron chi connectivity index (χ1n) is 4.92. The van der Waals surface area contributed by atoms with Crippen molar-refractivity contribution in [2.75, 3.05) is 11.9 Å². The monoisotopic (exact) mass is 306 g/mol. The minimum absolute atomic E-state index is 0.0118. The summed E-state index contributed by atoms with van der Waals surface area (Å²) in [6, 6.07) is 6.92. The number of nitrogens with zero attached hydrogens (tertiary/aromatic N) is 1. The third kappa shape index (κ3) is 5.59. The number of alkyl halides is 3. The Morgan fingerprint density at radius 3 is 2.59 bits per heavy atom. The molecule has 0 saturated carbocycles. The predicted octanol–water partition coefficient (Wildman–Crippen LogP) is 4.08. The van der Waals surface area contributed by atoms with Gasteiger partial charge < -0.3 is 5.32 Å². The summed E-state index contributed by atoms with van der Waals surface area (Å²) in [7, 11) is 0. The quantitative estimate of drug-likeness (QED) is 0.851. The Labute approximate surface area is 106 Å². The molecular formula is C11H10BrF3N2. The molecule has 0 fully saturated rings. The van der Waals surface area contributed by atoms with Gasteiger partial charge in [0, 0.05) is 23.1 Å². The summed E-state index contributed by atoms with van der Waals surface area (Å²) in [5.74, 6) is 0. The lowest BCUT2D eigenvalue weighted by atomic mass is 10.2. The summed E-state index contributed by atoms with van der Waals surface area (Å²) in [5, 5.41) is 11.6. The molecule has 0 amide bonds. The van der Waals surface area contributed by atoms with E-state index >= 15 is 0 Å². The molecule has 0 atom stereocenters. The highest BCUT2D eigenvalue weighted by molar-refractivity contribution is 9.10. The number of halogens is 4. The molecular weight excluding hydrogens is 297 g/mol. The van der Waals surface area contributed by atoms with Gasteiger partial charge in [-0.25, -0.2) is 0 Å². The van der Waals surface area contributed by atoms with Crippen molar-refractivity contribution in [2.45, 2.75) is 19.0 Å². The zero-order valence-corrected chi connectivity index (χ0v) is 10.4. The number of anilines is 1. The summed E-state index contributed by atoms with van der Waals surface area (Å²) in [5.41, 5.74) is 1.09. The van der Waals surface area contributed by atoms with Gasteiger partial charge in [-0.3, -0.25) is 0 Å². The lowest BCUT2D eigenvalue weighted by Gasteiger charge is -2.09. The zero-order chi connectivity index (χ0) is 12.9.